The van der Waals surface area contributed by atoms with E-state index in [0.29, 0.717) is 19.5 Å². The van der Waals surface area contributed by atoms with Gasteiger partial charge in [-0.1, -0.05) is 26.7 Å². The first-order chi connectivity index (χ1) is 8.06. The minimum atomic E-state index is -0.959. The van der Waals surface area contributed by atoms with Gasteiger partial charge in [-0.15, -0.1) is 0 Å². The molecule has 17 heavy (non-hydrogen) atoms. The Morgan fingerprint density at radius 2 is 1.88 bits per heavy atom. The zero-order valence-electron chi connectivity index (χ0n) is 11.0. The summed E-state index contributed by atoms with van der Waals surface area (Å²) in [4.78, 5) is 24.4. The van der Waals surface area contributed by atoms with E-state index < -0.39 is 12.0 Å². The van der Waals surface area contributed by atoms with Crippen LogP contribution >= 0.6 is 0 Å². The maximum Gasteiger partial charge on any atom is 0.326 e. The zero-order chi connectivity index (χ0) is 13.3. The Morgan fingerprint density at radius 1 is 1.24 bits per heavy atom. The zero-order valence-corrected chi connectivity index (χ0v) is 11.0. The van der Waals surface area contributed by atoms with Gasteiger partial charge in [0.25, 0.3) is 0 Å². The Morgan fingerprint density at radius 3 is 2.29 bits per heavy atom. The molecule has 0 aliphatic rings. The molecule has 0 aromatic rings. The maximum atomic E-state index is 11.8. The van der Waals surface area contributed by atoms with Crippen LogP contribution in [0.3, 0.4) is 0 Å². The monoisotopic (exact) mass is 244 g/mol. The van der Waals surface area contributed by atoms with Crippen LogP contribution < -0.4 is 5.32 Å². The number of carbonyl (C=O) groups is 2. The summed E-state index contributed by atoms with van der Waals surface area (Å²) < 4.78 is 0. The first-order valence-corrected chi connectivity index (χ1v) is 6.34. The van der Waals surface area contributed by atoms with Gasteiger partial charge in [0.15, 0.2) is 0 Å². The van der Waals surface area contributed by atoms with E-state index in [9.17, 15) is 9.59 Å². The molecule has 0 rings (SSSR count). The number of hydrogen-bond donors (Lipinski definition) is 2. The first-order valence-electron chi connectivity index (χ1n) is 6.34. The lowest BCUT2D eigenvalue weighted by atomic mass is 10.1. The number of amides is 2. The Balaban J connectivity index is 4.32. The van der Waals surface area contributed by atoms with Crippen molar-refractivity contribution in [1.82, 2.24) is 10.2 Å². The maximum absolute atomic E-state index is 11.8. The number of rotatable bonds is 8. The number of hydrogen-bond acceptors (Lipinski definition) is 2. The van der Waals surface area contributed by atoms with Gasteiger partial charge in [-0.3, -0.25) is 0 Å². The fourth-order valence-corrected chi connectivity index (χ4v) is 1.58. The average Bonchev–Trinajstić information content (AvgIpc) is 2.30. The molecule has 100 valence electrons. The van der Waals surface area contributed by atoms with Crippen LogP contribution in [-0.2, 0) is 4.79 Å². The molecule has 2 amide bonds. The van der Waals surface area contributed by atoms with E-state index in [1.807, 2.05) is 20.8 Å². The van der Waals surface area contributed by atoms with Crippen LogP contribution in [0, 0.1) is 0 Å². The molecule has 0 fully saturated rings. The molecule has 0 aromatic heterocycles. The lowest BCUT2D eigenvalue weighted by molar-refractivity contribution is -0.139. The predicted octanol–water partition coefficient (Wildman–Crippen LogP) is 2.07. The predicted molar refractivity (Wildman–Crippen MR) is 67.0 cm³/mol. The fourth-order valence-electron chi connectivity index (χ4n) is 1.58. The summed E-state index contributed by atoms with van der Waals surface area (Å²) in [5, 5.41) is 11.6. The molecular formula is C12H24N2O3. The average molecular weight is 244 g/mol. The Kier molecular flexibility index (Phi) is 8.19. The SMILES string of the molecule is CCCC[C@H](NC(=O)N(CC)CCC)C(=O)O. The molecule has 0 radical (unpaired) electrons. The van der Waals surface area contributed by atoms with E-state index in [1.54, 1.807) is 4.90 Å². The highest BCUT2D eigenvalue weighted by Gasteiger charge is 2.21. The lowest BCUT2D eigenvalue weighted by Crippen LogP contribution is -2.48. The first kappa shape index (κ1) is 15.7. The van der Waals surface area contributed by atoms with E-state index in [1.165, 1.54) is 0 Å². The summed E-state index contributed by atoms with van der Waals surface area (Å²) in [6.45, 7) is 7.12. The summed E-state index contributed by atoms with van der Waals surface area (Å²) >= 11 is 0. The second-order valence-corrected chi connectivity index (χ2v) is 4.06. The van der Waals surface area contributed by atoms with E-state index in [-0.39, 0.29) is 6.03 Å². The van der Waals surface area contributed by atoms with Crippen molar-refractivity contribution in [3.05, 3.63) is 0 Å². The topological polar surface area (TPSA) is 69.6 Å². The van der Waals surface area contributed by atoms with Gasteiger partial charge in [0.1, 0.15) is 6.04 Å². The smallest absolute Gasteiger partial charge is 0.326 e. The van der Waals surface area contributed by atoms with Crippen LogP contribution in [0.2, 0.25) is 0 Å². The number of carbonyl (C=O) groups excluding carboxylic acids is 1. The van der Waals surface area contributed by atoms with E-state index >= 15 is 0 Å². The lowest BCUT2D eigenvalue weighted by Gasteiger charge is -2.23. The summed E-state index contributed by atoms with van der Waals surface area (Å²) in [6.07, 6.45) is 3.08. The van der Waals surface area contributed by atoms with Crippen LogP contribution in [0.1, 0.15) is 46.5 Å². The molecule has 0 bridgehead atoms. The summed E-state index contributed by atoms with van der Waals surface area (Å²) in [5.74, 6) is -0.959. The standard InChI is InChI=1S/C12H24N2O3/c1-4-7-8-10(11(15)16)13-12(17)14(6-3)9-5-2/h10H,4-9H2,1-3H3,(H,13,17)(H,15,16)/t10-/m0/s1. The van der Waals surface area contributed by atoms with E-state index in [0.717, 1.165) is 19.3 Å². The minimum Gasteiger partial charge on any atom is -0.480 e. The minimum absolute atomic E-state index is 0.280. The highest BCUT2D eigenvalue weighted by atomic mass is 16.4. The highest BCUT2D eigenvalue weighted by Crippen LogP contribution is 2.02. The largest absolute Gasteiger partial charge is 0.480 e. The third kappa shape index (κ3) is 6.14. The van der Waals surface area contributed by atoms with Crippen molar-refractivity contribution in [2.75, 3.05) is 13.1 Å². The number of aliphatic carboxylic acids is 1. The quantitative estimate of drug-likeness (QED) is 0.686. The van der Waals surface area contributed by atoms with Crippen molar-refractivity contribution < 1.29 is 14.7 Å². The third-order valence-corrected chi connectivity index (χ3v) is 2.60. The van der Waals surface area contributed by atoms with Gasteiger partial charge in [0.05, 0.1) is 0 Å². The van der Waals surface area contributed by atoms with Crippen molar-refractivity contribution in [2.45, 2.75) is 52.5 Å². The third-order valence-electron chi connectivity index (χ3n) is 2.60. The van der Waals surface area contributed by atoms with Gasteiger partial charge in [-0.2, -0.15) is 0 Å². The van der Waals surface area contributed by atoms with Gasteiger partial charge in [-0.25, -0.2) is 9.59 Å². The molecule has 5 heteroatoms. The Labute approximate surface area is 103 Å². The molecule has 1 atom stereocenters. The van der Waals surface area contributed by atoms with Crippen molar-refractivity contribution in [2.24, 2.45) is 0 Å². The van der Waals surface area contributed by atoms with E-state index in [2.05, 4.69) is 5.32 Å². The molecule has 2 N–H and O–H groups in total. The second kappa shape index (κ2) is 8.84. The van der Waals surface area contributed by atoms with Crippen LogP contribution in [-0.4, -0.2) is 41.1 Å². The van der Waals surface area contributed by atoms with Gasteiger partial charge < -0.3 is 15.3 Å². The number of unbranched alkanes of at least 4 members (excludes halogenated alkanes) is 1. The summed E-state index contributed by atoms with van der Waals surface area (Å²) in [5.41, 5.74) is 0. The molecule has 0 saturated carbocycles. The highest BCUT2D eigenvalue weighted by molar-refractivity contribution is 5.82. The van der Waals surface area contributed by atoms with Gasteiger partial charge in [-0.05, 0) is 19.8 Å². The molecule has 0 unspecified atom stereocenters. The van der Waals surface area contributed by atoms with Crippen LogP contribution in [0.5, 0.6) is 0 Å². The van der Waals surface area contributed by atoms with Crippen LogP contribution in [0.25, 0.3) is 0 Å². The van der Waals surface area contributed by atoms with Crippen LogP contribution in [0.4, 0.5) is 4.79 Å². The molecule has 0 heterocycles. The van der Waals surface area contributed by atoms with Crippen molar-refractivity contribution >= 4 is 12.0 Å². The van der Waals surface area contributed by atoms with Crippen molar-refractivity contribution in [3.63, 3.8) is 0 Å². The van der Waals surface area contributed by atoms with E-state index in [4.69, 9.17) is 5.11 Å². The Bertz CT molecular complexity index is 244. The number of carboxylic acids is 1. The van der Waals surface area contributed by atoms with Crippen LogP contribution in [0.15, 0.2) is 0 Å². The van der Waals surface area contributed by atoms with Crippen molar-refractivity contribution in [3.8, 4) is 0 Å². The molecule has 5 nitrogen and oxygen atoms in total. The van der Waals surface area contributed by atoms with Gasteiger partial charge >= 0.3 is 12.0 Å². The normalized spacial score (nSPS) is 11.9. The molecule has 0 aliphatic carbocycles. The summed E-state index contributed by atoms with van der Waals surface area (Å²) in [7, 11) is 0. The number of nitrogens with zero attached hydrogens (tertiary/aromatic N) is 1. The van der Waals surface area contributed by atoms with Crippen molar-refractivity contribution in [1.29, 1.82) is 0 Å². The molecule has 0 aromatic carbocycles. The number of carboxylic acid groups (broad SMARTS) is 1. The van der Waals surface area contributed by atoms with Gasteiger partial charge in [0, 0.05) is 13.1 Å². The summed E-state index contributed by atoms with van der Waals surface area (Å²) in [6, 6.07) is -1.05. The second-order valence-electron chi connectivity index (χ2n) is 4.06. The van der Waals surface area contributed by atoms with Gasteiger partial charge in [0.2, 0.25) is 0 Å². The molecule has 0 spiro atoms. The Hall–Kier alpha value is -1.26. The molecular weight excluding hydrogens is 220 g/mol. The molecule has 0 aliphatic heterocycles. The number of urea groups is 1. The fraction of sp³-hybridized carbons (Fsp3) is 0.833. The molecule has 0 saturated heterocycles. The number of nitrogens with one attached hydrogen (secondary N) is 1.